The number of fused-ring (bicyclic) bond motifs is 2. The normalized spacial score (nSPS) is 20.2. The highest BCUT2D eigenvalue weighted by Crippen LogP contribution is 2.25. The highest BCUT2D eigenvalue weighted by molar-refractivity contribution is 6.07. The van der Waals surface area contributed by atoms with Crippen LogP contribution in [0.5, 0.6) is 0 Å². The van der Waals surface area contributed by atoms with Gasteiger partial charge in [0.15, 0.2) is 0 Å². The van der Waals surface area contributed by atoms with Crippen LogP contribution >= 0.6 is 0 Å². The maximum Gasteiger partial charge on any atom is 0.271 e. The highest BCUT2D eigenvalue weighted by atomic mass is 16.2. The number of benzene rings is 1. The zero-order chi connectivity index (χ0) is 25.8. The molecule has 2 N–H and O–H groups in total. The lowest BCUT2D eigenvalue weighted by atomic mass is 10.0. The number of carbonyl (C=O) groups is 6. The molecule has 0 unspecified atom stereocenters. The summed E-state index contributed by atoms with van der Waals surface area (Å²) in [6.07, 6.45) is 2.61. The van der Waals surface area contributed by atoms with Gasteiger partial charge in [0.2, 0.25) is 11.8 Å². The first-order valence-corrected chi connectivity index (χ1v) is 11.8. The fraction of sp³-hybridized carbons (Fsp3) is 0.423. The van der Waals surface area contributed by atoms with Crippen molar-refractivity contribution < 1.29 is 28.8 Å². The van der Waals surface area contributed by atoms with Crippen LogP contribution in [0.25, 0.3) is 10.8 Å². The number of rotatable bonds is 7. The molecule has 0 radical (unpaired) electrons. The molecule has 2 aromatic rings. The molecule has 2 aliphatic rings. The molecule has 4 rings (SSSR count). The van der Waals surface area contributed by atoms with E-state index in [1.807, 2.05) is 12.1 Å². The number of hydrazine groups is 1. The van der Waals surface area contributed by atoms with Crippen LogP contribution in [-0.2, 0) is 24.0 Å². The van der Waals surface area contributed by atoms with Crippen molar-refractivity contribution in [2.75, 3.05) is 6.54 Å². The van der Waals surface area contributed by atoms with Crippen LogP contribution in [-0.4, -0.2) is 75.4 Å². The second kappa shape index (κ2) is 11.7. The zero-order valence-electron chi connectivity index (χ0n) is 19.8. The van der Waals surface area contributed by atoms with Crippen LogP contribution in [0, 0.1) is 0 Å². The summed E-state index contributed by atoms with van der Waals surface area (Å²) < 4.78 is 0. The van der Waals surface area contributed by atoms with Crippen molar-refractivity contribution in [3.63, 3.8) is 0 Å². The van der Waals surface area contributed by atoms with Gasteiger partial charge < -0.3 is 15.4 Å². The van der Waals surface area contributed by atoms with Gasteiger partial charge in [-0.25, -0.2) is 5.01 Å². The maximum absolute atomic E-state index is 13.6. The smallest absolute Gasteiger partial charge is 0.271 e. The lowest BCUT2D eigenvalue weighted by Crippen LogP contribution is -2.64. The number of carbonyl (C=O) groups excluding carboxylic acids is 6. The Morgan fingerprint density at radius 3 is 2.65 bits per heavy atom. The largest absolute Gasteiger partial charge is 0.344 e. The molecule has 11 heteroatoms. The summed E-state index contributed by atoms with van der Waals surface area (Å²) >= 11 is 0. The van der Waals surface area contributed by atoms with Gasteiger partial charge in [-0.1, -0.05) is 31.7 Å². The van der Waals surface area contributed by atoms with Crippen LogP contribution < -0.4 is 10.6 Å². The number of amides is 4. The molecule has 2 saturated heterocycles. The first-order chi connectivity index (χ1) is 17.3. The monoisotopic (exact) mass is 509 g/mol. The molecule has 1 aromatic heterocycles. The van der Waals surface area contributed by atoms with E-state index >= 15 is 0 Å². The number of Topliss-reactive ketones (excluding diaryl/α,β-unsaturated/α-hetero) is 1. The lowest BCUT2D eigenvalue weighted by Gasteiger charge is -2.43. The third kappa shape index (κ3) is 5.82. The Balaban J connectivity index is 0.00000380. The Kier molecular flexibility index (Phi) is 8.69. The van der Waals surface area contributed by atoms with E-state index in [9.17, 15) is 28.8 Å². The fourth-order valence-electron chi connectivity index (χ4n) is 4.66. The van der Waals surface area contributed by atoms with E-state index in [2.05, 4.69) is 15.6 Å². The minimum atomic E-state index is -1.06. The Labute approximate surface area is 214 Å². The van der Waals surface area contributed by atoms with E-state index in [1.54, 1.807) is 18.2 Å². The van der Waals surface area contributed by atoms with Crippen molar-refractivity contribution >= 4 is 46.5 Å². The number of nitrogens with zero attached hydrogens (tertiary/aromatic N) is 3. The van der Waals surface area contributed by atoms with Crippen LogP contribution in [0.1, 0.15) is 56.9 Å². The molecule has 0 bridgehead atoms. The number of ketones is 1. The van der Waals surface area contributed by atoms with Crippen molar-refractivity contribution in [1.82, 2.24) is 25.6 Å². The Morgan fingerprint density at radius 1 is 1.16 bits per heavy atom. The van der Waals surface area contributed by atoms with E-state index < -0.39 is 35.8 Å². The Hall–Kier alpha value is -4.15. The Morgan fingerprint density at radius 2 is 1.92 bits per heavy atom. The van der Waals surface area contributed by atoms with Crippen LogP contribution in [0.4, 0.5) is 0 Å². The number of aldehydes is 1. The highest BCUT2D eigenvalue weighted by Gasteiger charge is 2.45. The molecule has 4 amide bonds. The van der Waals surface area contributed by atoms with E-state index in [-0.39, 0.29) is 57.0 Å². The van der Waals surface area contributed by atoms with Crippen molar-refractivity contribution in [3.05, 3.63) is 42.2 Å². The molecule has 37 heavy (non-hydrogen) atoms. The first-order valence-electron chi connectivity index (χ1n) is 11.8. The number of aromatic nitrogens is 1. The molecular formula is C26H31N5O6. The molecule has 196 valence electrons. The average Bonchev–Trinajstić information content (AvgIpc) is 2.99. The Bertz CT molecular complexity index is 1230. The lowest BCUT2D eigenvalue weighted by molar-refractivity contribution is -0.176. The predicted molar refractivity (Wildman–Crippen MR) is 134 cm³/mol. The second-order valence-electron chi connectivity index (χ2n) is 8.96. The summed E-state index contributed by atoms with van der Waals surface area (Å²) in [5, 5.41) is 8.99. The fourth-order valence-corrected chi connectivity index (χ4v) is 4.66. The minimum absolute atomic E-state index is 0. The quantitative estimate of drug-likeness (QED) is 0.533. The third-order valence-electron chi connectivity index (χ3n) is 6.36. The maximum atomic E-state index is 13.6. The standard InChI is InChI=1S/C25H27N5O6.CH4/c1-15(32)13-17(14-31)27-23(34)20-7-4-12-29-21(33)9-8-19(25(36)30(20)29)28-24(35)22-18-6-3-2-5-16(18)10-11-26-22;/h2-3,5-6,10-11,14,17,19-20H,4,7-9,12-13H2,1H3,(H,27,34)(H,28,35);1H4/t17-,19-,20-;/m0./s1. The molecule has 2 fully saturated rings. The van der Waals surface area contributed by atoms with Gasteiger partial charge in [-0.05, 0) is 37.6 Å². The third-order valence-corrected chi connectivity index (χ3v) is 6.36. The predicted octanol–water partition coefficient (Wildman–Crippen LogP) is 1.16. The molecule has 1 aromatic carbocycles. The molecule has 11 nitrogen and oxygen atoms in total. The molecule has 0 saturated carbocycles. The van der Waals surface area contributed by atoms with Crippen molar-refractivity contribution in [2.24, 2.45) is 0 Å². The second-order valence-corrected chi connectivity index (χ2v) is 8.96. The summed E-state index contributed by atoms with van der Waals surface area (Å²) in [5.74, 6) is -2.41. The van der Waals surface area contributed by atoms with Gasteiger partial charge in [-0.15, -0.1) is 0 Å². The van der Waals surface area contributed by atoms with Gasteiger partial charge in [0.1, 0.15) is 29.8 Å². The van der Waals surface area contributed by atoms with Gasteiger partial charge in [-0.3, -0.25) is 34.0 Å². The van der Waals surface area contributed by atoms with Gasteiger partial charge in [0, 0.05) is 31.0 Å². The minimum Gasteiger partial charge on any atom is -0.344 e. The molecular weight excluding hydrogens is 478 g/mol. The molecule has 0 aliphatic carbocycles. The zero-order valence-corrected chi connectivity index (χ0v) is 19.8. The summed E-state index contributed by atoms with van der Waals surface area (Å²) in [5.41, 5.74) is 0.152. The summed E-state index contributed by atoms with van der Waals surface area (Å²) in [6.45, 7) is 1.56. The summed E-state index contributed by atoms with van der Waals surface area (Å²) in [7, 11) is 0. The summed E-state index contributed by atoms with van der Waals surface area (Å²) in [4.78, 5) is 79.6. The van der Waals surface area contributed by atoms with E-state index in [0.717, 1.165) is 10.4 Å². The van der Waals surface area contributed by atoms with Crippen molar-refractivity contribution in [1.29, 1.82) is 0 Å². The average molecular weight is 510 g/mol. The van der Waals surface area contributed by atoms with Crippen molar-refractivity contribution in [3.8, 4) is 0 Å². The van der Waals surface area contributed by atoms with Crippen LogP contribution in [0.2, 0.25) is 0 Å². The molecule has 2 aliphatic heterocycles. The summed E-state index contributed by atoms with van der Waals surface area (Å²) in [6, 6.07) is 5.85. The molecule has 0 spiro atoms. The van der Waals surface area contributed by atoms with Crippen LogP contribution in [0.15, 0.2) is 36.5 Å². The van der Waals surface area contributed by atoms with Gasteiger partial charge in [0.25, 0.3) is 11.8 Å². The number of pyridine rings is 1. The van der Waals surface area contributed by atoms with Crippen LogP contribution in [0.3, 0.4) is 0 Å². The number of hydrogen-bond donors (Lipinski definition) is 2. The SMILES string of the molecule is C.CC(=O)C[C@@H](C=O)NC(=O)[C@@H]1CCCN2C(=O)CC[C@H](NC(=O)c3nccc4ccccc34)C(=O)N12. The first kappa shape index (κ1) is 27.4. The van der Waals surface area contributed by atoms with E-state index in [0.29, 0.717) is 18.1 Å². The number of hydrogen-bond acceptors (Lipinski definition) is 7. The van der Waals surface area contributed by atoms with Gasteiger partial charge in [0.05, 0.1) is 6.04 Å². The topological polar surface area (TPSA) is 146 Å². The van der Waals surface area contributed by atoms with E-state index in [1.165, 1.54) is 18.1 Å². The van der Waals surface area contributed by atoms with E-state index in [4.69, 9.17) is 0 Å². The molecule has 3 atom stereocenters. The van der Waals surface area contributed by atoms with Gasteiger partial charge in [-0.2, -0.15) is 0 Å². The van der Waals surface area contributed by atoms with Gasteiger partial charge >= 0.3 is 0 Å². The number of nitrogens with one attached hydrogen (secondary N) is 2. The molecule has 3 heterocycles. The van der Waals surface area contributed by atoms with Crippen molar-refractivity contribution in [2.45, 2.75) is 64.6 Å².